The third-order valence-electron chi connectivity index (χ3n) is 2.06. The van der Waals surface area contributed by atoms with Gasteiger partial charge in [0.25, 0.3) is 0 Å². The highest BCUT2D eigenvalue weighted by molar-refractivity contribution is 4.45. The molecule has 0 atom stereocenters. The molecule has 82 valence electrons. The third-order valence-corrected chi connectivity index (χ3v) is 2.06. The van der Waals surface area contributed by atoms with Crippen LogP contribution in [0.25, 0.3) is 0 Å². The second-order valence-corrected chi connectivity index (χ2v) is 3.26. The van der Waals surface area contributed by atoms with E-state index in [4.69, 9.17) is 5.73 Å². The smallest absolute Gasteiger partial charge is 0.00773 e. The first kappa shape index (κ1) is 15.4. The van der Waals surface area contributed by atoms with Crippen molar-refractivity contribution in [3.63, 3.8) is 0 Å². The Morgan fingerprint density at radius 2 is 1.08 bits per heavy atom. The molecule has 0 fully saturated rings. The number of rotatable bonds is 8. The van der Waals surface area contributed by atoms with Crippen LogP contribution in [0, 0.1) is 0 Å². The SMILES string of the molecule is CCCCCCCCCCN.CN. The molecule has 13 heavy (non-hydrogen) atoms. The van der Waals surface area contributed by atoms with Gasteiger partial charge in [0.1, 0.15) is 0 Å². The summed E-state index contributed by atoms with van der Waals surface area (Å²) in [6, 6.07) is 0. The molecule has 0 amide bonds. The molecule has 0 spiro atoms. The van der Waals surface area contributed by atoms with Crippen LogP contribution in [0.2, 0.25) is 0 Å². The lowest BCUT2D eigenvalue weighted by Crippen LogP contribution is -1.97. The van der Waals surface area contributed by atoms with Crippen molar-refractivity contribution in [2.45, 2.75) is 58.3 Å². The molecule has 0 aliphatic carbocycles. The minimum absolute atomic E-state index is 0.870. The van der Waals surface area contributed by atoms with Crippen molar-refractivity contribution in [3.05, 3.63) is 0 Å². The van der Waals surface area contributed by atoms with E-state index in [1.807, 2.05) is 0 Å². The Morgan fingerprint density at radius 3 is 1.46 bits per heavy atom. The van der Waals surface area contributed by atoms with E-state index in [1.165, 1.54) is 58.4 Å². The van der Waals surface area contributed by atoms with E-state index in [9.17, 15) is 0 Å². The summed E-state index contributed by atoms with van der Waals surface area (Å²) in [5.74, 6) is 0. The molecular formula is C11H28N2. The van der Waals surface area contributed by atoms with Gasteiger partial charge in [-0.1, -0.05) is 51.9 Å². The van der Waals surface area contributed by atoms with Crippen molar-refractivity contribution in [2.24, 2.45) is 11.5 Å². The summed E-state index contributed by atoms with van der Waals surface area (Å²) in [4.78, 5) is 0. The Morgan fingerprint density at radius 1 is 0.692 bits per heavy atom. The lowest BCUT2D eigenvalue weighted by molar-refractivity contribution is 0.578. The van der Waals surface area contributed by atoms with Gasteiger partial charge in [-0.25, -0.2) is 0 Å². The molecule has 0 rings (SSSR count). The van der Waals surface area contributed by atoms with E-state index < -0.39 is 0 Å². The van der Waals surface area contributed by atoms with Crippen LogP contribution in [0.5, 0.6) is 0 Å². The van der Waals surface area contributed by atoms with Crippen molar-refractivity contribution in [3.8, 4) is 0 Å². The quantitative estimate of drug-likeness (QED) is 0.575. The van der Waals surface area contributed by atoms with Crippen molar-refractivity contribution in [2.75, 3.05) is 13.6 Å². The average molecular weight is 188 g/mol. The zero-order valence-corrected chi connectivity index (χ0v) is 9.52. The Labute approximate surface area is 84.1 Å². The Hall–Kier alpha value is -0.0800. The second kappa shape index (κ2) is 17.9. The van der Waals surface area contributed by atoms with Crippen LogP contribution in [-0.2, 0) is 0 Å². The number of hydrogen-bond acceptors (Lipinski definition) is 2. The molecule has 0 aromatic heterocycles. The lowest BCUT2D eigenvalue weighted by Gasteiger charge is -1.99. The Bertz CT molecular complexity index is 57.1. The van der Waals surface area contributed by atoms with Crippen molar-refractivity contribution < 1.29 is 0 Å². The fraction of sp³-hybridized carbons (Fsp3) is 1.00. The van der Waals surface area contributed by atoms with Gasteiger partial charge in [0.2, 0.25) is 0 Å². The fourth-order valence-electron chi connectivity index (χ4n) is 1.28. The van der Waals surface area contributed by atoms with Crippen LogP contribution in [-0.4, -0.2) is 13.6 Å². The highest BCUT2D eigenvalue weighted by atomic mass is 14.5. The molecule has 2 nitrogen and oxygen atoms in total. The van der Waals surface area contributed by atoms with E-state index >= 15 is 0 Å². The summed E-state index contributed by atoms with van der Waals surface area (Å²) in [5, 5.41) is 0. The van der Waals surface area contributed by atoms with E-state index in [1.54, 1.807) is 0 Å². The maximum Gasteiger partial charge on any atom is -0.00773 e. The first-order valence-electron chi connectivity index (χ1n) is 5.69. The molecule has 0 aliphatic heterocycles. The standard InChI is InChI=1S/C10H23N.CH5N/c1-2-3-4-5-6-7-8-9-10-11;1-2/h2-11H2,1H3;2H2,1H3. The van der Waals surface area contributed by atoms with E-state index in [0.29, 0.717) is 0 Å². The lowest BCUT2D eigenvalue weighted by atomic mass is 10.1. The number of nitrogens with two attached hydrogens (primary N) is 2. The largest absolute Gasteiger partial charge is 0.333 e. The van der Waals surface area contributed by atoms with Crippen LogP contribution in [0.15, 0.2) is 0 Å². The van der Waals surface area contributed by atoms with E-state index in [-0.39, 0.29) is 0 Å². The predicted octanol–water partition coefficient (Wildman–Crippen LogP) is 2.66. The van der Waals surface area contributed by atoms with Gasteiger partial charge in [0, 0.05) is 0 Å². The molecule has 0 bridgehead atoms. The van der Waals surface area contributed by atoms with Gasteiger partial charge in [-0.05, 0) is 20.0 Å². The molecule has 0 aromatic rings. The first-order valence-corrected chi connectivity index (χ1v) is 5.69. The van der Waals surface area contributed by atoms with Gasteiger partial charge >= 0.3 is 0 Å². The fourth-order valence-corrected chi connectivity index (χ4v) is 1.28. The molecule has 0 unspecified atom stereocenters. The van der Waals surface area contributed by atoms with E-state index in [2.05, 4.69) is 12.7 Å². The molecule has 0 radical (unpaired) electrons. The number of unbranched alkanes of at least 4 members (excludes halogenated alkanes) is 7. The molecule has 2 heteroatoms. The molecule has 4 N–H and O–H groups in total. The van der Waals surface area contributed by atoms with Crippen LogP contribution in [0.3, 0.4) is 0 Å². The van der Waals surface area contributed by atoms with Gasteiger partial charge in [-0.3, -0.25) is 0 Å². The molecule has 0 aromatic carbocycles. The maximum absolute atomic E-state index is 5.39. The van der Waals surface area contributed by atoms with Crippen molar-refractivity contribution >= 4 is 0 Å². The number of hydrogen-bond donors (Lipinski definition) is 2. The highest BCUT2D eigenvalue weighted by Crippen LogP contribution is 2.07. The monoisotopic (exact) mass is 188 g/mol. The minimum Gasteiger partial charge on any atom is -0.333 e. The average Bonchev–Trinajstić information content (AvgIpc) is 2.20. The normalized spacial score (nSPS) is 9.23. The van der Waals surface area contributed by atoms with Gasteiger partial charge in [-0.2, -0.15) is 0 Å². The van der Waals surface area contributed by atoms with Gasteiger partial charge in [0.05, 0.1) is 0 Å². The van der Waals surface area contributed by atoms with Crippen LogP contribution in [0.4, 0.5) is 0 Å². The second-order valence-electron chi connectivity index (χ2n) is 3.26. The van der Waals surface area contributed by atoms with Crippen LogP contribution < -0.4 is 11.5 Å². The van der Waals surface area contributed by atoms with Gasteiger partial charge in [-0.15, -0.1) is 0 Å². The predicted molar refractivity (Wildman–Crippen MR) is 61.8 cm³/mol. The van der Waals surface area contributed by atoms with E-state index in [0.717, 1.165) is 6.54 Å². The molecular weight excluding hydrogens is 160 g/mol. The van der Waals surface area contributed by atoms with Crippen molar-refractivity contribution in [1.82, 2.24) is 0 Å². The first-order chi connectivity index (χ1) is 6.41. The highest BCUT2D eigenvalue weighted by Gasteiger charge is 1.89. The van der Waals surface area contributed by atoms with Gasteiger partial charge < -0.3 is 11.5 Å². The molecule has 0 aliphatic rings. The van der Waals surface area contributed by atoms with Crippen molar-refractivity contribution in [1.29, 1.82) is 0 Å². The molecule has 0 saturated carbocycles. The third kappa shape index (κ3) is 18.7. The summed E-state index contributed by atoms with van der Waals surface area (Å²) in [7, 11) is 1.50. The summed E-state index contributed by atoms with van der Waals surface area (Å²) < 4.78 is 0. The summed E-state index contributed by atoms with van der Waals surface area (Å²) in [6.07, 6.45) is 11.0. The summed E-state index contributed by atoms with van der Waals surface area (Å²) in [5.41, 5.74) is 9.89. The van der Waals surface area contributed by atoms with Crippen LogP contribution in [0.1, 0.15) is 58.3 Å². The topological polar surface area (TPSA) is 52.0 Å². The Balaban J connectivity index is 0. The van der Waals surface area contributed by atoms with Crippen LogP contribution >= 0.6 is 0 Å². The van der Waals surface area contributed by atoms with Gasteiger partial charge in [0.15, 0.2) is 0 Å². The summed E-state index contributed by atoms with van der Waals surface area (Å²) >= 11 is 0. The summed E-state index contributed by atoms with van der Waals surface area (Å²) in [6.45, 7) is 3.13. The zero-order valence-electron chi connectivity index (χ0n) is 9.52. The maximum atomic E-state index is 5.39. The molecule has 0 heterocycles. The zero-order chi connectivity index (χ0) is 10.4. The Kier molecular flexibility index (Phi) is 21.2. The minimum atomic E-state index is 0.870. The molecule has 0 saturated heterocycles.